The average Bonchev–Trinajstić information content (AvgIpc) is 3.22. The van der Waals surface area contributed by atoms with Gasteiger partial charge < -0.3 is 10.2 Å². The first-order valence-electron chi connectivity index (χ1n) is 8.46. The molecule has 2 saturated carbocycles. The molecule has 4 rings (SSSR count). The van der Waals surface area contributed by atoms with Gasteiger partial charge in [-0.3, -0.25) is 9.59 Å². The monoisotopic (exact) mass is 316 g/mol. The summed E-state index contributed by atoms with van der Waals surface area (Å²) in [7, 11) is 0. The number of carbonyl (C=O) groups is 2. The SMILES string of the molecule is O=C(N[C@H]1C[C@H]2CC[C@H]1C2)[C@H]1CC(=O)N(c2cccc(F)c2)C1. The molecule has 2 aliphatic carbocycles. The third kappa shape index (κ3) is 2.73. The number of anilines is 1. The number of halogens is 1. The van der Waals surface area contributed by atoms with E-state index in [-0.39, 0.29) is 30.0 Å². The lowest BCUT2D eigenvalue weighted by Gasteiger charge is -2.24. The molecule has 1 heterocycles. The molecule has 0 radical (unpaired) electrons. The van der Waals surface area contributed by atoms with Crippen LogP contribution in [0, 0.1) is 23.6 Å². The molecule has 4 nitrogen and oxygen atoms in total. The van der Waals surface area contributed by atoms with Crippen molar-refractivity contribution >= 4 is 17.5 Å². The van der Waals surface area contributed by atoms with Crippen LogP contribution in [0.25, 0.3) is 0 Å². The van der Waals surface area contributed by atoms with Gasteiger partial charge in [-0.25, -0.2) is 4.39 Å². The zero-order chi connectivity index (χ0) is 16.0. The highest BCUT2D eigenvalue weighted by atomic mass is 19.1. The van der Waals surface area contributed by atoms with Crippen molar-refractivity contribution in [3.63, 3.8) is 0 Å². The van der Waals surface area contributed by atoms with Crippen LogP contribution in [-0.4, -0.2) is 24.4 Å². The highest BCUT2D eigenvalue weighted by molar-refractivity contribution is 6.00. The van der Waals surface area contributed by atoms with E-state index in [1.54, 1.807) is 12.1 Å². The average molecular weight is 316 g/mol. The van der Waals surface area contributed by atoms with Gasteiger partial charge in [-0.2, -0.15) is 0 Å². The Balaban J connectivity index is 1.41. The molecule has 3 aliphatic rings. The zero-order valence-electron chi connectivity index (χ0n) is 13.0. The number of rotatable bonds is 3. The van der Waals surface area contributed by atoms with Gasteiger partial charge in [0.05, 0.1) is 5.92 Å². The largest absolute Gasteiger partial charge is 0.353 e. The van der Waals surface area contributed by atoms with Crippen molar-refractivity contribution in [3.05, 3.63) is 30.1 Å². The quantitative estimate of drug-likeness (QED) is 0.931. The summed E-state index contributed by atoms with van der Waals surface area (Å²) in [6.45, 7) is 0.342. The Kier molecular flexibility index (Phi) is 3.58. The molecule has 1 aromatic rings. The Hall–Kier alpha value is -1.91. The number of nitrogens with zero attached hydrogens (tertiary/aromatic N) is 1. The highest BCUT2D eigenvalue weighted by Gasteiger charge is 2.42. The summed E-state index contributed by atoms with van der Waals surface area (Å²) in [6.07, 6.45) is 5.05. The fourth-order valence-electron chi connectivity index (χ4n) is 4.50. The molecule has 0 aromatic heterocycles. The van der Waals surface area contributed by atoms with Crippen molar-refractivity contribution in [1.29, 1.82) is 0 Å². The second-order valence-electron chi connectivity index (χ2n) is 7.18. The standard InChI is InChI=1S/C18H21FN2O2/c19-14-2-1-3-15(9-14)21-10-13(8-17(21)22)18(23)20-16-7-11-4-5-12(16)6-11/h1-3,9,11-13,16H,4-8,10H2,(H,20,23)/t11-,12-,13-,16-/m0/s1. The lowest BCUT2D eigenvalue weighted by atomic mass is 9.94. The fraction of sp³-hybridized carbons (Fsp3) is 0.556. The van der Waals surface area contributed by atoms with Gasteiger partial charge in [0.1, 0.15) is 5.82 Å². The summed E-state index contributed by atoms with van der Waals surface area (Å²) in [4.78, 5) is 26.2. The van der Waals surface area contributed by atoms with Gasteiger partial charge in [-0.1, -0.05) is 12.5 Å². The van der Waals surface area contributed by atoms with Gasteiger partial charge in [0.15, 0.2) is 0 Å². The summed E-state index contributed by atoms with van der Waals surface area (Å²) in [5, 5.41) is 3.16. The van der Waals surface area contributed by atoms with E-state index in [9.17, 15) is 14.0 Å². The molecule has 1 saturated heterocycles. The van der Waals surface area contributed by atoms with Crippen molar-refractivity contribution in [3.8, 4) is 0 Å². The number of hydrogen-bond donors (Lipinski definition) is 1. The predicted octanol–water partition coefficient (Wildman–Crippen LogP) is 2.48. The Morgan fingerprint density at radius 3 is 2.83 bits per heavy atom. The van der Waals surface area contributed by atoms with Crippen LogP contribution in [0.15, 0.2) is 24.3 Å². The molecule has 3 fully saturated rings. The smallest absolute Gasteiger partial charge is 0.227 e. The molecule has 1 N–H and O–H groups in total. The van der Waals surface area contributed by atoms with Crippen molar-refractivity contribution in [1.82, 2.24) is 5.32 Å². The van der Waals surface area contributed by atoms with Gasteiger partial charge >= 0.3 is 0 Å². The van der Waals surface area contributed by atoms with Gasteiger partial charge in [-0.05, 0) is 49.3 Å². The van der Waals surface area contributed by atoms with Crippen LogP contribution in [-0.2, 0) is 9.59 Å². The molecule has 2 amide bonds. The van der Waals surface area contributed by atoms with Crippen molar-refractivity contribution < 1.29 is 14.0 Å². The number of amides is 2. The Labute approximate surface area is 135 Å². The number of carbonyl (C=O) groups excluding carboxylic acids is 2. The lowest BCUT2D eigenvalue weighted by Crippen LogP contribution is -2.42. The number of hydrogen-bond acceptors (Lipinski definition) is 2. The molecule has 1 aliphatic heterocycles. The van der Waals surface area contributed by atoms with E-state index in [1.165, 1.54) is 36.3 Å². The molecule has 0 spiro atoms. The molecular formula is C18H21FN2O2. The van der Waals surface area contributed by atoms with E-state index in [4.69, 9.17) is 0 Å². The Morgan fingerprint density at radius 2 is 2.13 bits per heavy atom. The molecule has 2 bridgehead atoms. The maximum atomic E-state index is 13.3. The minimum absolute atomic E-state index is 0.0187. The molecule has 1 aromatic carbocycles. The summed E-state index contributed by atoms with van der Waals surface area (Å²) in [5.41, 5.74) is 0.533. The molecule has 5 heteroatoms. The molecule has 23 heavy (non-hydrogen) atoms. The lowest BCUT2D eigenvalue weighted by molar-refractivity contribution is -0.127. The summed E-state index contributed by atoms with van der Waals surface area (Å²) in [6, 6.07) is 6.27. The number of nitrogens with one attached hydrogen (secondary N) is 1. The third-order valence-corrected chi connectivity index (χ3v) is 5.68. The van der Waals surface area contributed by atoms with E-state index >= 15 is 0 Å². The van der Waals surface area contributed by atoms with E-state index in [0.29, 0.717) is 24.2 Å². The van der Waals surface area contributed by atoms with Crippen molar-refractivity contribution in [2.45, 2.75) is 38.1 Å². The van der Waals surface area contributed by atoms with Crippen LogP contribution in [0.3, 0.4) is 0 Å². The van der Waals surface area contributed by atoms with Gasteiger partial charge in [0.2, 0.25) is 11.8 Å². The maximum Gasteiger partial charge on any atom is 0.227 e. The summed E-state index contributed by atoms with van der Waals surface area (Å²) in [5.74, 6) is 0.577. The van der Waals surface area contributed by atoms with E-state index < -0.39 is 0 Å². The summed E-state index contributed by atoms with van der Waals surface area (Å²) >= 11 is 0. The molecule has 122 valence electrons. The molecule has 0 unspecified atom stereocenters. The first-order chi connectivity index (χ1) is 11.1. The van der Waals surface area contributed by atoms with Crippen LogP contribution in [0.4, 0.5) is 10.1 Å². The van der Waals surface area contributed by atoms with Gasteiger partial charge in [-0.15, -0.1) is 0 Å². The number of fused-ring (bicyclic) bond motifs is 2. The maximum absolute atomic E-state index is 13.3. The van der Waals surface area contributed by atoms with Crippen LogP contribution in [0.2, 0.25) is 0 Å². The zero-order valence-corrected chi connectivity index (χ0v) is 13.0. The minimum Gasteiger partial charge on any atom is -0.353 e. The predicted molar refractivity (Wildman–Crippen MR) is 84.2 cm³/mol. The van der Waals surface area contributed by atoms with E-state index in [0.717, 1.165) is 12.3 Å². The number of benzene rings is 1. The minimum atomic E-state index is -0.370. The molecule has 4 atom stereocenters. The first-order valence-corrected chi connectivity index (χ1v) is 8.46. The fourth-order valence-corrected chi connectivity index (χ4v) is 4.50. The van der Waals surface area contributed by atoms with Crippen molar-refractivity contribution in [2.24, 2.45) is 17.8 Å². The van der Waals surface area contributed by atoms with Gasteiger partial charge in [0.25, 0.3) is 0 Å². The topological polar surface area (TPSA) is 49.4 Å². The molecular weight excluding hydrogens is 295 g/mol. The second kappa shape index (κ2) is 5.62. The van der Waals surface area contributed by atoms with Crippen molar-refractivity contribution in [2.75, 3.05) is 11.4 Å². The third-order valence-electron chi connectivity index (χ3n) is 5.68. The Morgan fingerprint density at radius 1 is 1.26 bits per heavy atom. The van der Waals surface area contributed by atoms with Crippen LogP contribution in [0.5, 0.6) is 0 Å². The van der Waals surface area contributed by atoms with E-state index in [1.807, 2.05) is 0 Å². The Bertz CT molecular complexity index is 648. The van der Waals surface area contributed by atoms with Crippen LogP contribution >= 0.6 is 0 Å². The second-order valence-corrected chi connectivity index (χ2v) is 7.18. The van der Waals surface area contributed by atoms with Crippen LogP contribution in [0.1, 0.15) is 32.1 Å². The van der Waals surface area contributed by atoms with E-state index in [2.05, 4.69) is 5.32 Å². The van der Waals surface area contributed by atoms with Gasteiger partial charge in [0, 0.05) is 24.7 Å². The normalized spacial score (nSPS) is 32.6. The summed E-state index contributed by atoms with van der Waals surface area (Å²) < 4.78 is 13.3. The first kappa shape index (κ1) is 14.7. The van der Waals surface area contributed by atoms with Crippen LogP contribution < -0.4 is 10.2 Å². The highest BCUT2D eigenvalue weighted by Crippen LogP contribution is 2.44.